The van der Waals surface area contributed by atoms with Gasteiger partial charge in [-0.05, 0) is 19.3 Å². The molecule has 3 heteroatoms. The van der Waals surface area contributed by atoms with Gasteiger partial charge in [-0.2, -0.15) is 9.49 Å². The fourth-order valence-electron chi connectivity index (χ4n) is 1.61. The van der Waals surface area contributed by atoms with Crippen molar-refractivity contribution in [3.63, 3.8) is 0 Å². The van der Waals surface area contributed by atoms with E-state index in [0.717, 1.165) is 11.3 Å². The van der Waals surface area contributed by atoms with Crippen molar-refractivity contribution in [2.24, 2.45) is 0 Å². The Kier molecular flexibility index (Phi) is 2.46. The first-order valence-electron chi connectivity index (χ1n) is 4.61. The summed E-state index contributed by atoms with van der Waals surface area (Å²) in [5, 5.41) is 4.14. The Morgan fingerprint density at radius 3 is 2.15 bits per heavy atom. The maximum absolute atomic E-state index is 13.7. The lowest BCUT2D eigenvalue weighted by molar-refractivity contribution is 0.442. The Balaban J connectivity index is 3.29. The minimum absolute atomic E-state index is 0.165. The van der Waals surface area contributed by atoms with Gasteiger partial charge < -0.3 is 0 Å². The lowest BCUT2D eigenvalue weighted by atomic mass is 9.87. The molecule has 74 valence electrons. The molecule has 0 atom stereocenters. The van der Waals surface area contributed by atoms with Crippen LogP contribution in [0.25, 0.3) is 0 Å². The molecule has 1 rings (SSSR count). The summed E-state index contributed by atoms with van der Waals surface area (Å²) in [5.74, 6) is -0.187. The molecule has 0 aliphatic heterocycles. The van der Waals surface area contributed by atoms with E-state index in [2.05, 4.69) is 5.10 Å². The van der Waals surface area contributed by atoms with Gasteiger partial charge >= 0.3 is 0 Å². The van der Waals surface area contributed by atoms with Crippen LogP contribution < -0.4 is 0 Å². The molecular weight excluding hydrogens is 167 g/mol. The van der Waals surface area contributed by atoms with Crippen molar-refractivity contribution in [1.29, 1.82) is 0 Å². The van der Waals surface area contributed by atoms with Gasteiger partial charge in [0.15, 0.2) is 0 Å². The highest BCUT2D eigenvalue weighted by molar-refractivity contribution is 5.25. The molecular formula is C10H17FN2. The van der Waals surface area contributed by atoms with Crippen molar-refractivity contribution >= 4 is 0 Å². The highest BCUT2D eigenvalue weighted by Crippen LogP contribution is 2.27. The Morgan fingerprint density at radius 1 is 1.38 bits per heavy atom. The molecule has 0 amide bonds. The smallest absolute Gasteiger partial charge is 0.215 e. The number of hydrogen-bond acceptors (Lipinski definition) is 1. The Morgan fingerprint density at radius 2 is 1.92 bits per heavy atom. The first-order valence-corrected chi connectivity index (χ1v) is 4.61. The average Bonchev–Trinajstić information content (AvgIpc) is 2.24. The summed E-state index contributed by atoms with van der Waals surface area (Å²) in [4.78, 5) is 0. The molecule has 0 fully saturated rings. The van der Waals surface area contributed by atoms with E-state index in [1.54, 1.807) is 0 Å². The highest BCUT2D eigenvalue weighted by atomic mass is 19.1. The zero-order valence-corrected chi connectivity index (χ0v) is 8.98. The normalized spacial score (nSPS) is 12.2. The minimum Gasteiger partial charge on any atom is -0.239 e. The zero-order chi connectivity index (χ0) is 10.2. The third kappa shape index (κ3) is 1.74. The van der Waals surface area contributed by atoms with Crippen molar-refractivity contribution in [2.45, 2.75) is 46.6 Å². The number of hydrogen-bond donors (Lipinski definition) is 0. The number of rotatable bonds is 1. The van der Waals surface area contributed by atoms with E-state index in [0.29, 0.717) is 6.54 Å². The summed E-state index contributed by atoms with van der Waals surface area (Å²) in [6.45, 7) is 10.3. The second-order valence-corrected chi connectivity index (χ2v) is 4.32. The topological polar surface area (TPSA) is 17.8 Å². The monoisotopic (exact) mass is 184 g/mol. The van der Waals surface area contributed by atoms with Gasteiger partial charge in [-0.1, -0.05) is 20.8 Å². The minimum atomic E-state index is -0.187. The largest absolute Gasteiger partial charge is 0.239 e. The molecule has 1 aromatic rings. The van der Waals surface area contributed by atoms with Gasteiger partial charge in [0.2, 0.25) is 5.95 Å². The molecule has 0 saturated heterocycles. The number of aryl methyl sites for hydroxylation is 2. The highest BCUT2D eigenvalue weighted by Gasteiger charge is 2.25. The summed E-state index contributed by atoms with van der Waals surface area (Å²) in [5.41, 5.74) is 1.36. The van der Waals surface area contributed by atoms with Crippen LogP contribution in [0.1, 0.15) is 39.0 Å². The predicted octanol–water partition coefficient (Wildman–Crippen LogP) is 2.65. The molecule has 1 aromatic heterocycles. The molecule has 0 aromatic carbocycles. The van der Waals surface area contributed by atoms with E-state index in [4.69, 9.17) is 0 Å². The van der Waals surface area contributed by atoms with Crippen molar-refractivity contribution in [3.8, 4) is 0 Å². The first kappa shape index (κ1) is 10.2. The van der Waals surface area contributed by atoms with Crippen LogP contribution in [0.3, 0.4) is 0 Å². The predicted molar refractivity (Wildman–Crippen MR) is 51.3 cm³/mol. The molecule has 0 spiro atoms. The third-order valence-electron chi connectivity index (χ3n) is 2.11. The van der Waals surface area contributed by atoms with Crippen LogP contribution in [-0.4, -0.2) is 9.78 Å². The maximum atomic E-state index is 13.7. The standard InChI is InChI=1S/C10H17FN2/c1-6-13-9(11)8(7(2)12-13)10(3,4)5/h6H2,1-5H3. The second kappa shape index (κ2) is 3.13. The fourth-order valence-corrected chi connectivity index (χ4v) is 1.61. The van der Waals surface area contributed by atoms with Crippen LogP contribution in [0.5, 0.6) is 0 Å². The van der Waals surface area contributed by atoms with Crippen LogP contribution in [0.15, 0.2) is 0 Å². The summed E-state index contributed by atoms with van der Waals surface area (Å²) in [6, 6.07) is 0. The number of aromatic nitrogens is 2. The molecule has 0 saturated carbocycles. The van der Waals surface area contributed by atoms with E-state index < -0.39 is 0 Å². The van der Waals surface area contributed by atoms with Crippen molar-refractivity contribution in [3.05, 3.63) is 17.2 Å². The molecule has 0 radical (unpaired) electrons. The van der Waals surface area contributed by atoms with Crippen LogP contribution in [0.4, 0.5) is 4.39 Å². The van der Waals surface area contributed by atoms with Gasteiger partial charge in [-0.15, -0.1) is 0 Å². The zero-order valence-electron chi connectivity index (χ0n) is 8.98. The van der Waals surface area contributed by atoms with E-state index in [1.807, 2.05) is 34.6 Å². The fraction of sp³-hybridized carbons (Fsp3) is 0.700. The van der Waals surface area contributed by atoms with Gasteiger partial charge in [0.25, 0.3) is 0 Å². The van der Waals surface area contributed by atoms with E-state index in [1.165, 1.54) is 4.68 Å². The van der Waals surface area contributed by atoms with Crippen LogP contribution in [0, 0.1) is 12.9 Å². The second-order valence-electron chi connectivity index (χ2n) is 4.32. The van der Waals surface area contributed by atoms with Crippen molar-refractivity contribution in [1.82, 2.24) is 9.78 Å². The van der Waals surface area contributed by atoms with Crippen LogP contribution >= 0.6 is 0 Å². The van der Waals surface area contributed by atoms with E-state index in [-0.39, 0.29) is 11.4 Å². The van der Waals surface area contributed by atoms with Crippen molar-refractivity contribution < 1.29 is 4.39 Å². The lowest BCUT2D eigenvalue weighted by Gasteiger charge is -2.17. The van der Waals surface area contributed by atoms with Gasteiger partial charge in [0.1, 0.15) is 0 Å². The van der Waals surface area contributed by atoms with Gasteiger partial charge in [-0.3, -0.25) is 0 Å². The molecule has 2 nitrogen and oxygen atoms in total. The summed E-state index contributed by atoms with van der Waals surface area (Å²) in [6.07, 6.45) is 0. The van der Waals surface area contributed by atoms with E-state index >= 15 is 0 Å². The summed E-state index contributed by atoms with van der Waals surface area (Å²) >= 11 is 0. The van der Waals surface area contributed by atoms with Crippen molar-refractivity contribution in [2.75, 3.05) is 0 Å². The SMILES string of the molecule is CCn1nc(C)c(C(C)(C)C)c1F. The van der Waals surface area contributed by atoms with Crippen LogP contribution in [0.2, 0.25) is 0 Å². The van der Waals surface area contributed by atoms with Crippen LogP contribution in [-0.2, 0) is 12.0 Å². The van der Waals surface area contributed by atoms with Gasteiger partial charge in [-0.25, -0.2) is 4.68 Å². The number of nitrogens with zero attached hydrogens (tertiary/aromatic N) is 2. The average molecular weight is 184 g/mol. The summed E-state index contributed by atoms with van der Waals surface area (Å²) < 4.78 is 15.1. The molecule has 0 bridgehead atoms. The first-order chi connectivity index (χ1) is 5.88. The lowest BCUT2D eigenvalue weighted by Crippen LogP contribution is -2.14. The van der Waals surface area contributed by atoms with Gasteiger partial charge in [0, 0.05) is 12.1 Å². The van der Waals surface area contributed by atoms with E-state index in [9.17, 15) is 4.39 Å². The summed E-state index contributed by atoms with van der Waals surface area (Å²) in [7, 11) is 0. The Hall–Kier alpha value is -0.860. The van der Waals surface area contributed by atoms with Gasteiger partial charge in [0.05, 0.1) is 5.69 Å². The maximum Gasteiger partial charge on any atom is 0.215 e. The quantitative estimate of drug-likeness (QED) is 0.656. The molecule has 0 N–H and O–H groups in total. The number of halogens is 1. The molecule has 0 aliphatic carbocycles. The molecule has 0 aliphatic rings. The third-order valence-corrected chi connectivity index (χ3v) is 2.11. The molecule has 1 heterocycles. The molecule has 13 heavy (non-hydrogen) atoms. The Bertz CT molecular complexity index is 307. The Labute approximate surface area is 78.8 Å². The molecule has 0 unspecified atom stereocenters.